The molecule has 0 aromatic heterocycles. The van der Waals surface area contributed by atoms with E-state index >= 15 is 0 Å². The standard InChI is InChI=1S/C32H29F2NO4.C2H2/c1-22(8-9-23(2)33)29-19-18-28(20-30(29)34)39-32(37)7-5-3-4-6-31(36)38-27-16-14-26(15-17-27)25-12-10-24(21-35)11-13-25;1-2/h8-20H,3-7H2,1-2H3;1-2H/b22-8+,23-9+;. The third kappa shape index (κ3) is 10.9. The SMILES string of the molecule is C#C.C/C(F)=C\C=C(/C)c1ccc(OC(=O)CCCCCC(=O)Oc2ccc(-c3ccc(C#N)cc3)cc2)cc1F. The predicted octanol–water partition coefficient (Wildman–Crippen LogP) is 8.35. The largest absolute Gasteiger partial charge is 0.427 e. The highest BCUT2D eigenvalue weighted by Gasteiger charge is 2.11. The summed E-state index contributed by atoms with van der Waals surface area (Å²) in [5.41, 5.74) is 3.32. The van der Waals surface area contributed by atoms with Crippen LogP contribution in [0.1, 0.15) is 57.1 Å². The molecule has 0 bridgehead atoms. The van der Waals surface area contributed by atoms with Gasteiger partial charge in [0.25, 0.3) is 0 Å². The lowest BCUT2D eigenvalue weighted by Crippen LogP contribution is -2.09. The lowest BCUT2D eigenvalue weighted by atomic mass is 10.0. The lowest BCUT2D eigenvalue weighted by Gasteiger charge is -2.08. The number of hydrogen-bond donors (Lipinski definition) is 0. The van der Waals surface area contributed by atoms with Crippen LogP contribution in [0.4, 0.5) is 8.78 Å². The van der Waals surface area contributed by atoms with Crippen molar-refractivity contribution in [2.75, 3.05) is 0 Å². The maximum atomic E-state index is 14.4. The topological polar surface area (TPSA) is 76.4 Å². The van der Waals surface area contributed by atoms with Crippen LogP contribution in [-0.2, 0) is 9.59 Å². The Kier molecular flexibility index (Phi) is 13.2. The van der Waals surface area contributed by atoms with Crippen LogP contribution in [0.3, 0.4) is 0 Å². The van der Waals surface area contributed by atoms with Crippen molar-refractivity contribution in [3.05, 3.63) is 102 Å². The Hall–Kier alpha value is -5.01. The van der Waals surface area contributed by atoms with Crippen LogP contribution in [0.5, 0.6) is 11.5 Å². The quantitative estimate of drug-likeness (QED) is 0.0781. The number of nitriles is 1. The second kappa shape index (κ2) is 16.8. The summed E-state index contributed by atoms with van der Waals surface area (Å²) < 4.78 is 37.9. The maximum absolute atomic E-state index is 14.4. The van der Waals surface area contributed by atoms with Crippen LogP contribution in [0.2, 0.25) is 0 Å². The van der Waals surface area contributed by atoms with E-state index < -0.39 is 11.8 Å². The number of rotatable bonds is 11. The van der Waals surface area contributed by atoms with Gasteiger partial charge in [0.15, 0.2) is 0 Å². The molecular formula is C34H31F2NO4. The summed E-state index contributed by atoms with van der Waals surface area (Å²) >= 11 is 0. The van der Waals surface area contributed by atoms with Crippen LogP contribution in [0, 0.1) is 30.0 Å². The first-order valence-electron chi connectivity index (χ1n) is 12.9. The second-order valence-electron chi connectivity index (χ2n) is 8.97. The first-order chi connectivity index (χ1) is 19.7. The molecule has 0 amide bonds. The molecule has 3 aromatic carbocycles. The van der Waals surface area contributed by atoms with E-state index in [0.29, 0.717) is 41.7 Å². The Bertz CT molecular complexity index is 1440. The summed E-state index contributed by atoms with van der Waals surface area (Å²) in [4.78, 5) is 24.3. The van der Waals surface area contributed by atoms with Crippen molar-refractivity contribution in [2.24, 2.45) is 0 Å². The molecule has 210 valence electrons. The highest BCUT2D eigenvalue weighted by Crippen LogP contribution is 2.25. The number of benzene rings is 3. The van der Waals surface area contributed by atoms with Crippen LogP contribution < -0.4 is 9.47 Å². The zero-order valence-electron chi connectivity index (χ0n) is 23.0. The van der Waals surface area contributed by atoms with Crippen molar-refractivity contribution < 1.29 is 27.8 Å². The van der Waals surface area contributed by atoms with Gasteiger partial charge in [-0.2, -0.15) is 5.26 Å². The molecule has 0 aliphatic carbocycles. The molecule has 0 aliphatic heterocycles. The van der Waals surface area contributed by atoms with Crippen molar-refractivity contribution >= 4 is 17.5 Å². The number of carbonyl (C=O) groups is 2. The second-order valence-corrected chi connectivity index (χ2v) is 8.97. The van der Waals surface area contributed by atoms with Gasteiger partial charge in [0.2, 0.25) is 0 Å². The lowest BCUT2D eigenvalue weighted by molar-refractivity contribution is -0.134. The zero-order valence-corrected chi connectivity index (χ0v) is 23.0. The average molecular weight is 556 g/mol. The van der Waals surface area contributed by atoms with Crippen LogP contribution in [0.25, 0.3) is 16.7 Å². The fraction of sp³-hybridized carbons (Fsp3) is 0.206. The third-order valence-electron chi connectivity index (χ3n) is 5.86. The van der Waals surface area contributed by atoms with Gasteiger partial charge < -0.3 is 9.47 Å². The minimum Gasteiger partial charge on any atom is -0.427 e. The number of nitrogens with zero attached hydrogens (tertiary/aromatic N) is 1. The Balaban J connectivity index is 0.00000287. The van der Waals surface area contributed by atoms with E-state index in [9.17, 15) is 18.4 Å². The summed E-state index contributed by atoms with van der Waals surface area (Å²) in [6.07, 6.45) is 12.8. The molecule has 0 atom stereocenters. The van der Waals surface area contributed by atoms with E-state index in [1.54, 1.807) is 31.2 Å². The van der Waals surface area contributed by atoms with Gasteiger partial charge >= 0.3 is 11.9 Å². The molecule has 3 rings (SSSR count). The molecule has 0 N–H and O–H groups in total. The number of carbonyl (C=O) groups excluding carboxylic acids is 2. The van der Waals surface area contributed by atoms with Gasteiger partial charge in [-0.05, 0) is 85.9 Å². The third-order valence-corrected chi connectivity index (χ3v) is 5.86. The number of esters is 2. The molecule has 3 aromatic rings. The average Bonchev–Trinajstić information content (AvgIpc) is 2.97. The minimum absolute atomic E-state index is 0.0973. The van der Waals surface area contributed by atoms with E-state index in [0.717, 1.165) is 17.2 Å². The molecule has 5 nitrogen and oxygen atoms in total. The van der Waals surface area contributed by atoms with E-state index in [4.69, 9.17) is 14.7 Å². The Morgan fingerprint density at radius 1 is 0.805 bits per heavy atom. The van der Waals surface area contributed by atoms with E-state index in [2.05, 4.69) is 18.9 Å². The van der Waals surface area contributed by atoms with Crippen molar-refractivity contribution in [3.63, 3.8) is 0 Å². The van der Waals surface area contributed by atoms with Crippen LogP contribution in [-0.4, -0.2) is 11.9 Å². The molecule has 0 saturated carbocycles. The van der Waals surface area contributed by atoms with Gasteiger partial charge in [-0.3, -0.25) is 9.59 Å². The smallest absolute Gasteiger partial charge is 0.311 e. The van der Waals surface area contributed by atoms with E-state index in [1.165, 1.54) is 31.2 Å². The number of ether oxygens (including phenoxy) is 2. The summed E-state index contributed by atoms with van der Waals surface area (Å²) in [5.74, 6) is -1.26. The van der Waals surface area contributed by atoms with Gasteiger partial charge in [0, 0.05) is 24.5 Å². The normalized spacial score (nSPS) is 11.0. The maximum Gasteiger partial charge on any atom is 0.311 e. The summed E-state index contributed by atoms with van der Waals surface area (Å²) in [5, 5.41) is 8.90. The Labute approximate surface area is 239 Å². The van der Waals surface area contributed by atoms with Crippen molar-refractivity contribution in [2.45, 2.75) is 46.0 Å². The van der Waals surface area contributed by atoms with Crippen molar-refractivity contribution in [1.82, 2.24) is 0 Å². The number of hydrogen-bond acceptors (Lipinski definition) is 5. The summed E-state index contributed by atoms with van der Waals surface area (Å²) in [6.45, 7) is 2.96. The van der Waals surface area contributed by atoms with Gasteiger partial charge in [-0.1, -0.05) is 36.8 Å². The number of terminal acetylenes is 1. The monoisotopic (exact) mass is 555 g/mol. The van der Waals surface area contributed by atoms with E-state index in [-0.39, 0.29) is 30.4 Å². The molecule has 0 radical (unpaired) electrons. The number of allylic oxidation sites excluding steroid dienone is 4. The van der Waals surface area contributed by atoms with Gasteiger partial charge in [0.05, 0.1) is 17.5 Å². The molecule has 0 fully saturated rings. The molecule has 0 unspecified atom stereocenters. The first kappa shape index (κ1) is 32.2. The Morgan fingerprint density at radius 2 is 1.32 bits per heavy atom. The molecule has 0 spiro atoms. The van der Waals surface area contributed by atoms with Crippen LogP contribution in [0.15, 0.2) is 84.7 Å². The fourth-order valence-electron chi connectivity index (χ4n) is 3.74. The summed E-state index contributed by atoms with van der Waals surface area (Å²) in [7, 11) is 0. The molecule has 0 heterocycles. The van der Waals surface area contributed by atoms with Gasteiger partial charge in [-0.25, -0.2) is 8.78 Å². The highest BCUT2D eigenvalue weighted by molar-refractivity contribution is 5.74. The highest BCUT2D eigenvalue weighted by atomic mass is 19.1. The molecular weight excluding hydrogens is 524 g/mol. The van der Waals surface area contributed by atoms with Crippen molar-refractivity contribution in [1.29, 1.82) is 5.26 Å². The molecule has 0 saturated heterocycles. The Morgan fingerprint density at radius 3 is 1.83 bits per heavy atom. The predicted molar refractivity (Wildman–Crippen MR) is 156 cm³/mol. The van der Waals surface area contributed by atoms with Gasteiger partial charge in [-0.15, -0.1) is 12.8 Å². The fourth-order valence-corrected chi connectivity index (χ4v) is 3.74. The first-order valence-corrected chi connectivity index (χ1v) is 12.9. The number of unbranched alkanes of at least 4 members (excludes halogenated alkanes) is 2. The molecule has 7 heteroatoms. The summed E-state index contributed by atoms with van der Waals surface area (Å²) in [6, 6.07) is 20.5. The van der Waals surface area contributed by atoms with E-state index in [1.807, 2.05) is 24.3 Å². The van der Waals surface area contributed by atoms with Crippen molar-refractivity contribution in [3.8, 4) is 41.5 Å². The zero-order chi connectivity index (χ0) is 30.2. The number of halogens is 2. The van der Waals surface area contributed by atoms with Crippen LogP contribution >= 0.6 is 0 Å². The van der Waals surface area contributed by atoms with Gasteiger partial charge in [0.1, 0.15) is 17.3 Å². The molecule has 41 heavy (non-hydrogen) atoms. The minimum atomic E-state index is -0.568. The molecule has 0 aliphatic rings.